The number of hydrogen-bond acceptors (Lipinski definition) is 2. The van der Waals surface area contributed by atoms with E-state index in [1.807, 2.05) is 6.08 Å². The molecule has 3 N–H and O–H groups in total. The molecule has 0 bridgehead atoms. The summed E-state index contributed by atoms with van der Waals surface area (Å²) in [5.74, 6) is 0.574. The molecule has 2 heteroatoms. The Labute approximate surface area is 57.1 Å². The molecule has 1 unspecified atom stereocenters. The lowest BCUT2D eigenvalue weighted by atomic mass is 10.2. The monoisotopic (exact) mass is 128 g/mol. The second-order valence-corrected chi connectivity index (χ2v) is 2.29. The zero-order valence-corrected chi connectivity index (χ0v) is 6.06. The molecular formula is C7H16N2. The second-order valence-electron chi connectivity index (χ2n) is 2.29. The maximum Gasteiger partial charge on any atom is 0.0132 e. The van der Waals surface area contributed by atoms with Gasteiger partial charge in [-0.25, -0.2) is 0 Å². The van der Waals surface area contributed by atoms with Crippen molar-refractivity contribution in [3.8, 4) is 0 Å². The Hall–Kier alpha value is -0.340. The van der Waals surface area contributed by atoms with Crippen LogP contribution in [0.3, 0.4) is 0 Å². The summed E-state index contributed by atoms with van der Waals surface area (Å²) in [6.07, 6.45) is 1.85. The van der Waals surface area contributed by atoms with Crippen LogP contribution in [0.5, 0.6) is 0 Å². The van der Waals surface area contributed by atoms with Gasteiger partial charge in [-0.3, -0.25) is 0 Å². The zero-order chi connectivity index (χ0) is 7.11. The van der Waals surface area contributed by atoms with Gasteiger partial charge in [-0.05, 0) is 19.0 Å². The van der Waals surface area contributed by atoms with Crippen molar-refractivity contribution in [1.29, 1.82) is 0 Å². The molecule has 9 heavy (non-hydrogen) atoms. The Morgan fingerprint density at radius 3 is 2.89 bits per heavy atom. The number of nitrogens with one attached hydrogen (secondary N) is 1. The fourth-order valence-electron chi connectivity index (χ4n) is 0.515. The van der Waals surface area contributed by atoms with Crippen molar-refractivity contribution in [2.24, 2.45) is 11.7 Å². The highest BCUT2D eigenvalue weighted by molar-refractivity contribution is 4.70. The van der Waals surface area contributed by atoms with Gasteiger partial charge in [0, 0.05) is 6.54 Å². The summed E-state index contributed by atoms with van der Waals surface area (Å²) in [6, 6.07) is 0. The van der Waals surface area contributed by atoms with E-state index < -0.39 is 0 Å². The first kappa shape index (κ1) is 8.66. The predicted molar refractivity (Wildman–Crippen MR) is 41.3 cm³/mol. The summed E-state index contributed by atoms with van der Waals surface area (Å²) in [5, 5.41) is 3.19. The van der Waals surface area contributed by atoms with Crippen molar-refractivity contribution in [2.75, 3.05) is 19.6 Å². The van der Waals surface area contributed by atoms with Crippen molar-refractivity contribution in [1.82, 2.24) is 5.32 Å². The van der Waals surface area contributed by atoms with Gasteiger partial charge in [-0.2, -0.15) is 0 Å². The summed E-state index contributed by atoms with van der Waals surface area (Å²) < 4.78 is 0. The van der Waals surface area contributed by atoms with Crippen LogP contribution in [0.15, 0.2) is 12.7 Å². The fraction of sp³-hybridized carbons (Fsp3) is 0.714. The standard InChI is InChI=1S/C7H16N2/c1-3-4-9-6-7(2)5-8/h3,7,9H,1,4-6,8H2,2H3. The largest absolute Gasteiger partial charge is 0.330 e. The molecule has 0 aliphatic rings. The van der Waals surface area contributed by atoms with Crippen LogP contribution >= 0.6 is 0 Å². The van der Waals surface area contributed by atoms with E-state index in [1.54, 1.807) is 0 Å². The highest BCUT2D eigenvalue weighted by Gasteiger charge is 1.94. The molecule has 0 amide bonds. The van der Waals surface area contributed by atoms with E-state index >= 15 is 0 Å². The van der Waals surface area contributed by atoms with Gasteiger partial charge in [0.1, 0.15) is 0 Å². The maximum absolute atomic E-state index is 5.39. The van der Waals surface area contributed by atoms with Crippen LogP contribution in [0.2, 0.25) is 0 Å². The van der Waals surface area contributed by atoms with Gasteiger partial charge >= 0.3 is 0 Å². The minimum Gasteiger partial charge on any atom is -0.330 e. The van der Waals surface area contributed by atoms with E-state index in [4.69, 9.17) is 5.73 Å². The summed E-state index contributed by atoms with van der Waals surface area (Å²) in [4.78, 5) is 0. The van der Waals surface area contributed by atoms with Crippen LogP contribution in [0, 0.1) is 5.92 Å². The molecule has 0 saturated heterocycles. The van der Waals surface area contributed by atoms with Gasteiger partial charge in [0.2, 0.25) is 0 Å². The van der Waals surface area contributed by atoms with Gasteiger partial charge in [-0.1, -0.05) is 13.0 Å². The van der Waals surface area contributed by atoms with Crippen LogP contribution in [-0.2, 0) is 0 Å². The smallest absolute Gasteiger partial charge is 0.0132 e. The molecule has 0 aromatic rings. The minimum absolute atomic E-state index is 0.574. The topological polar surface area (TPSA) is 38.0 Å². The quantitative estimate of drug-likeness (QED) is 0.414. The molecule has 0 aromatic heterocycles. The molecule has 54 valence electrons. The third-order valence-corrected chi connectivity index (χ3v) is 1.18. The molecular weight excluding hydrogens is 112 g/mol. The van der Waals surface area contributed by atoms with Crippen LogP contribution in [-0.4, -0.2) is 19.6 Å². The second kappa shape index (κ2) is 5.79. The highest BCUT2D eigenvalue weighted by Crippen LogP contribution is 1.85. The average molecular weight is 128 g/mol. The lowest BCUT2D eigenvalue weighted by molar-refractivity contribution is 0.541. The molecule has 2 nitrogen and oxygen atoms in total. The molecule has 0 saturated carbocycles. The van der Waals surface area contributed by atoms with Gasteiger partial charge < -0.3 is 11.1 Å². The van der Waals surface area contributed by atoms with Crippen molar-refractivity contribution >= 4 is 0 Å². The number of rotatable bonds is 5. The lowest BCUT2D eigenvalue weighted by Crippen LogP contribution is -2.25. The third kappa shape index (κ3) is 5.53. The summed E-state index contributed by atoms with van der Waals surface area (Å²) >= 11 is 0. The third-order valence-electron chi connectivity index (χ3n) is 1.18. The Balaban J connectivity index is 2.96. The van der Waals surface area contributed by atoms with Crippen LogP contribution in [0.1, 0.15) is 6.92 Å². The lowest BCUT2D eigenvalue weighted by Gasteiger charge is -2.06. The van der Waals surface area contributed by atoms with Crippen molar-refractivity contribution in [2.45, 2.75) is 6.92 Å². The summed E-state index contributed by atoms with van der Waals surface area (Å²) in [7, 11) is 0. The van der Waals surface area contributed by atoms with E-state index in [0.717, 1.165) is 19.6 Å². The molecule has 0 spiro atoms. The Kier molecular flexibility index (Phi) is 5.57. The number of nitrogens with two attached hydrogens (primary N) is 1. The summed E-state index contributed by atoms with van der Waals surface area (Å²) in [5.41, 5.74) is 5.39. The minimum atomic E-state index is 0.574. The van der Waals surface area contributed by atoms with E-state index in [-0.39, 0.29) is 0 Å². The molecule has 0 aliphatic heterocycles. The van der Waals surface area contributed by atoms with Crippen molar-refractivity contribution in [3.63, 3.8) is 0 Å². The molecule has 1 atom stereocenters. The van der Waals surface area contributed by atoms with E-state index in [9.17, 15) is 0 Å². The molecule has 0 radical (unpaired) electrons. The normalized spacial score (nSPS) is 13.1. The molecule has 0 rings (SSSR count). The van der Waals surface area contributed by atoms with Crippen LogP contribution in [0.25, 0.3) is 0 Å². The maximum atomic E-state index is 5.39. The first-order valence-electron chi connectivity index (χ1n) is 3.33. The Bertz CT molecular complexity index is 71.3. The van der Waals surface area contributed by atoms with Crippen LogP contribution < -0.4 is 11.1 Å². The number of hydrogen-bond donors (Lipinski definition) is 2. The average Bonchev–Trinajstić information content (AvgIpc) is 1.89. The summed E-state index contributed by atoms with van der Waals surface area (Å²) in [6.45, 7) is 8.33. The van der Waals surface area contributed by atoms with Gasteiger partial charge in [-0.15, -0.1) is 6.58 Å². The van der Waals surface area contributed by atoms with Crippen molar-refractivity contribution < 1.29 is 0 Å². The first-order valence-corrected chi connectivity index (χ1v) is 3.33. The van der Waals surface area contributed by atoms with Gasteiger partial charge in [0.05, 0.1) is 0 Å². The molecule has 0 fully saturated rings. The predicted octanol–water partition coefficient (Wildman–Crippen LogP) is 0.357. The van der Waals surface area contributed by atoms with E-state index in [0.29, 0.717) is 5.92 Å². The Morgan fingerprint density at radius 1 is 1.78 bits per heavy atom. The molecule has 0 aromatic carbocycles. The van der Waals surface area contributed by atoms with Crippen molar-refractivity contribution in [3.05, 3.63) is 12.7 Å². The van der Waals surface area contributed by atoms with E-state index in [2.05, 4.69) is 18.8 Å². The molecule has 0 aliphatic carbocycles. The highest BCUT2D eigenvalue weighted by atomic mass is 14.8. The molecule has 0 heterocycles. The van der Waals surface area contributed by atoms with Crippen LogP contribution in [0.4, 0.5) is 0 Å². The van der Waals surface area contributed by atoms with E-state index in [1.165, 1.54) is 0 Å². The van der Waals surface area contributed by atoms with Gasteiger partial charge in [0.25, 0.3) is 0 Å². The first-order chi connectivity index (χ1) is 4.31. The van der Waals surface area contributed by atoms with Gasteiger partial charge in [0.15, 0.2) is 0 Å². The Morgan fingerprint density at radius 2 is 2.44 bits per heavy atom. The zero-order valence-electron chi connectivity index (χ0n) is 6.06. The fourth-order valence-corrected chi connectivity index (χ4v) is 0.515. The SMILES string of the molecule is C=CCNCC(C)CN.